The fourth-order valence-electron chi connectivity index (χ4n) is 2.67. The van der Waals surface area contributed by atoms with Crippen molar-refractivity contribution in [2.75, 3.05) is 13.7 Å². The smallest absolute Gasteiger partial charge is 0.287 e. The van der Waals surface area contributed by atoms with Crippen molar-refractivity contribution in [2.45, 2.75) is 6.04 Å². The molecule has 0 fully saturated rings. The van der Waals surface area contributed by atoms with Crippen LogP contribution in [-0.2, 0) is 11.8 Å². The number of rotatable bonds is 7. The van der Waals surface area contributed by atoms with E-state index in [1.54, 1.807) is 25.6 Å². The molecule has 0 aliphatic carbocycles. The molecule has 28 heavy (non-hydrogen) atoms. The van der Waals surface area contributed by atoms with Gasteiger partial charge in [-0.05, 0) is 45.8 Å². The molecule has 3 aromatic rings. The summed E-state index contributed by atoms with van der Waals surface area (Å²) in [5.41, 5.74) is 0.809. The zero-order chi connectivity index (χ0) is 20.1. The van der Waals surface area contributed by atoms with Crippen molar-refractivity contribution in [3.8, 4) is 5.75 Å². The molecule has 1 unspecified atom stereocenters. The summed E-state index contributed by atoms with van der Waals surface area (Å²) in [6.45, 7) is -0.206. The van der Waals surface area contributed by atoms with Gasteiger partial charge in [-0.15, -0.1) is 0 Å². The molecule has 0 bridgehead atoms. The van der Waals surface area contributed by atoms with Crippen molar-refractivity contribution in [3.63, 3.8) is 0 Å². The SMILES string of the molecule is COc1cccc(C(NC(=O)CNC(=O)c2ccc(Br)o2)c2nccn2C)c1. The van der Waals surface area contributed by atoms with Crippen molar-refractivity contribution in [1.82, 2.24) is 20.2 Å². The number of carbonyl (C=O) groups is 2. The Bertz CT molecular complexity index is 982. The van der Waals surface area contributed by atoms with E-state index in [2.05, 4.69) is 31.5 Å². The topological polar surface area (TPSA) is 98.4 Å². The molecule has 9 heteroatoms. The minimum atomic E-state index is -0.503. The Morgan fingerprint density at radius 2 is 2.14 bits per heavy atom. The minimum absolute atomic E-state index is 0.119. The molecule has 0 saturated carbocycles. The fraction of sp³-hybridized carbons (Fsp3) is 0.211. The first-order valence-corrected chi connectivity index (χ1v) is 9.21. The Kier molecular flexibility index (Phi) is 6.15. The molecule has 0 aliphatic heterocycles. The van der Waals surface area contributed by atoms with Gasteiger partial charge in [-0.3, -0.25) is 9.59 Å². The highest BCUT2D eigenvalue weighted by atomic mass is 79.9. The second-order valence-corrected chi connectivity index (χ2v) is 6.74. The van der Waals surface area contributed by atoms with Gasteiger partial charge >= 0.3 is 0 Å². The summed E-state index contributed by atoms with van der Waals surface area (Å²) in [4.78, 5) is 28.9. The van der Waals surface area contributed by atoms with Crippen LogP contribution < -0.4 is 15.4 Å². The quantitative estimate of drug-likeness (QED) is 0.580. The molecule has 0 aliphatic rings. The normalized spacial score (nSPS) is 11.7. The number of methoxy groups -OCH3 is 1. The van der Waals surface area contributed by atoms with E-state index in [1.807, 2.05) is 35.9 Å². The summed E-state index contributed by atoms with van der Waals surface area (Å²) in [6, 6.07) is 9.99. The number of nitrogens with zero attached hydrogens (tertiary/aromatic N) is 2. The maximum atomic E-state index is 12.5. The number of hydrogen-bond donors (Lipinski definition) is 2. The average molecular weight is 447 g/mol. The van der Waals surface area contributed by atoms with E-state index >= 15 is 0 Å². The maximum Gasteiger partial charge on any atom is 0.287 e. The van der Waals surface area contributed by atoms with Crippen LogP contribution in [0.5, 0.6) is 5.75 Å². The number of aryl methyl sites for hydroxylation is 1. The number of benzene rings is 1. The van der Waals surface area contributed by atoms with Gasteiger partial charge in [0.1, 0.15) is 17.6 Å². The number of imidazole rings is 1. The molecule has 2 heterocycles. The lowest BCUT2D eigenvalue weighted by Crippen LogP contribution is -2.39. The Labute approximate surface area is 170 Å². The van der Waals surface area contributed by atoms with Gasteiger partial charge in [0, 0.05) is 19.4 Å². The predicted molar refractivity (Wildman–Crippen MR) is 105 cm³/mol. The lowest BCUT2D eigenvalue weighted by molar-refractivity contribution is -0.120. The summed E-state index contributed by atoms with van der Waals surface area (Å²) < 4.78 is 12.7. The standard InChI is InChI=1S/C19H19BrN4O4/c1-24-9-8-21-18(24)17(12-4-3-5-13(10-12)27-2)23-16(25)11-22-19(26)14-6-7-15(20)28-14/h3-10,17H,11H2,1-2H3,(H,22,26)(H,23,25). The second-order valence-electron chi connectivity index (χ2n) is 5.96. The number of nitrogens with one attached hydrogen (secondary N) is 2. The Morgan fingerprint density at radius 3 is 2.79 bits per heavy atom. The molecular formula is C19H19BrN4O4. The summed E-state index contributed by atoms with van der Waals surface area (Å²) in [5.74, 6) is 0.601. The summed E-state index contributed by atoms with van der Waals surface area (Å²) >= 11 is 3.13. The highest BCUT2D eigenvalue weighted by Crippen LogP contribution is 2.24. The summed E-state index contributed by atoms with van der Waals surface area (Å²) in [6.07, 6.45) is 3.45. The van der Waals surface area contributed by atoms with Gasteiger partial charge in [-0.1, -0.05) is 12.1 Å². The number of carbonyl (C=O) groups excluding carboxylic acids is 2. The molecule has 146 valence electrons. The van der Waals surface area contributed by atoms with Crippen molar-refractivity contribution in [2.24, 2.45) is 7.05 Å². The summed E-state index contributed by atoms with van der Waals surface area (Å²) in [5, 5.41) is 5.44. The van der Waals surface area contributed by atoms with E-state index in [-0.39, 0.29) is 18.2 Å². The molecule has 1 atom stereocenters. The number of ether oxygens (including phenoxy) is 1. The molecule has 1 aromatic carbocycles. The largest absolute Gasteiger partial charge is 0.497 e. The molecule has 0 radical (unpaired) electrons. The Balaban J connectivity index is 1.73. The van der Waals surface area contributed by atoms with E-state index in [0.29, 0.717) is 16.2 Å². The molecule has 2 aromatic heterocycles. The van der Waals surface area contributed by atoms with Crippen LogP contribution >= 0.6 is 15.9 Å². The van der Waals surface area contributed by atoms with Gasteiger partial charge in [-0.2, -0.15) is 0 Å². The minimum Gasteiger partial charge on any atom is -0.497 e. The lowest BCUT2D eigenvalue weighted by Gasteiger charge is -2.20. The van der Waals surface area contributed by atoms with Crippen LogP contribution in [0, 0.1) is 0 Å². The maximum absolute atomic E-state index is 12.5. The molecule has 3 rings (SSSR count). The highest BCUT2D eigenvalue weighted by molar-refractivity contribution is 9.10. The van der Waals surface area contributed by atoms with E-state index in [0.717, 1.165) is 5.56 Å². The Morgan fingerprint density at radius 1 is 1.32 bits per heavy atom. The number of furan rings is 1. The van der Waals surface area contributed by atoms with Gasteiger partial charge in [0.25, 0.3) is 5.91 Å². The first kappa shape index (κ1) is 19.7. The van der Waals surface area contributed by atoms with E-state index in [1.165, 1.54) is 6.07 Å². The first-order chi connectivity index (χ1) is 13.5. The molecule has 2 amide bonds. The van der Waals surface area contributed by atoms with Crippen LogP contribution in [0.2, 0.25) is 0 Å². The van der Waals surface area contributed by atoms with Crippen molar-refractivity contribution < 1.29 is 18.7 Å². The third kappa shape index (κ3) is 4.61. The monoisotopic (exact) mass is 446 g/mol. The lowest BCUT2D eigenvalue weighted by atomic mass is 10.1. The molecule has 0 spiro atoms. The van der Waals surface area contributed by atoms with Gasteiger partial charge < -0.3 is 24.4 Å². The number of hydrogen-bond acceptors (Lipinski definition) is 5. The van der Waals surface area contributed by atoms with Crippen LogP contribution in [0.3, 0.4) is 0 Å². The molecule has 8 nitrogen and oxygen atoms in total. The zero-order valence-corrected chi connectivity index (χ0v) is 16.9. The third-order valence-electron chi connectivity index (χ3n) is 4.06. The van der Waals surface area contributed by atoms with E-state index in [9.17, 15) is 9.59 Å². The average Bonchev–Trinajstić information content (AvgIpc) is 3.32. The van der Waals surface area contributed by atoms with Crippen LogP contribution in [0.15, 0.2) is 57.9 Å². The van der Waals surface area contributed by atoms with Crippen molar-refractivity contribution >= 4 is 27.7 Å². The molecular weight excluding hydrogens is 428 g/mol. The number of aromatic nitrogens is 2. The molecule has 0 saturated heterocycles. The molecule has 2 N–H and O–H groups in total. The van der Waals surface area contributed by atoms with Crippen LogP contribution in [-0.4, -0.2) is 35.0 Å². The third-order valence-corrected chi connectivity index (χ3v) is 4.48. The van der Waals surface area contributed by atoms with Gasteiger partial charge in [0.2, 0.25) is 5.91 Å². The van der Waals surface area contributed by atoms with Crippen LogP contribution in [0.25, 0.3) is 0 Å². The van der Waals surface area contributed by atoms with Gasteiger partial charge in [-0.25, -0.2) is 4.98 Å². The highest BCUT2D eigenvalue weighted by Gasteiger charge is 2.22. The van der Waals surface area contributed by atoms with Gasteiger partial charge in [0.05, 0.1) is 13.7 Å². The van der Waals surface area contributed by atoms with Crippen molar-refractivity contribution in [1.29, 1.82) is 0 Å². The van der Waals surface area contributed by atoms with Crippen LogP contribution in [0.4, 0.5) is 0 Å². The number of amides is 2. The van der Waals surface area contributed by atoms with E-state index < -0.39 is 11.9 Å². The van der Waals surface area contributed by atoms with E-state index in [4.69, 9.17) is 9.15 Å². The summed E-state index contributed by atoms with van der Waals surface area (Å²) in [7, 11) is 3.42. The number of halogens is 1. The predicted octanol–water partition coefficient (Wildman–Crippen LogP) is 2.42. The first-order valence-electron chi connectivity index (χ1n) is 8.42. The van der Waals surface area contributed by atoms with Crippen LogP contribution in [0.1, 0.15) is 28.0 Å². The second kappa shape index (κ2) is 8.75. The Hall–Kier alpha value is -3.07. The fourth-order valence-corrected chi connectivity index (χ4v) is 2.98. The zero-order valence-electron chi connectivity index (χ0n) is 15.3. The van der Waals surface area contributed by atoms with Crippen molar-refractivity contribution in [3.05, 3.63) is 70.6 Å². The van der Waals surface area contributed by atoms with Gasteiger partial charge in [0.15, 0.2) is 10.4 Å².